The monoisotopic (exact) mass is 271 g/mol. The molecule has 1 aromatic rings. The van der Waals surface area contributed by atoms with Crippen molar-refractivity contribution < 1.29 is 9.13 Å². The van der Waals surface area contributed by atoms with Crippen molar-refractivity contribution in [2.75, 3.05) is 20.2 Å². The van der Waals surface area contributed by atoms with Crippen LogP contribution in [-0.2, 0) is 11.2 Å². The smallest absolute Gasteiger partial charge is 0.123 e. The number of halogens is 2. The average molecular weight is 272 g/mol. The summed E-state index contributed by atoms with van der Waals surface area (Å²) in [5.41, 5.74) is 0.871. The minimum atomic E-state index is -0.236. The van der Waals surface area contributed by atoms with E-state index in [1.54, 1.807) is 6.07 Å². The lowest BCUT2D eigenvalue weighted by Crippen LogP contribution is -2.40. The predicted molar refractivity (Wildman–Crippen MR) is 71.5 cm³/mol. The van der Waals surface area contributed by atoms with Crippen molar-refractivity contribution in [3.8, 4) is 0 Å². The molecule has 1 aliphatic heterocycles. The summed E-state index contributed by atoms with van der Waals surface area (Å²) in [5, 5.41) is 3.85. The lowest BCUT2D eigenvalue weighted by atomic mass is 9.76. The number of ether oxygens (including phenoxy) is 1. The van der Waals surface area contributed by atoms with E-state index in [2.05, 4.69) is 12.2 Å². The van der Waals surface area contributed by atoms with E-state index in [4.69, 9.17) is 16.3 Å². The molecule has 0 radical (unpaired) electrons. The van der Waals surface area contributed by atoms with Crippen LogP contribution in [0.15, 0.2) is 18.2 Å². The zero-order valence-electron chi connectivity index (χ0n) is 10.8. The van der Waals surface area contributed by atoms with Gasteiger partial charge >= 0.3 is 0 Å². The number of benzene rings is 1. The molecule has 1 heterocycles. The van der Waals surface area contributed by atoms with Crippen LogP contribution in [0.4, 0.5) is 4.39 Å². The molecule has 18 heavy (non-hydrogen) atoms. The van der Waals surface area contributed by atoms with Crippen molar-refractivity contribution in [2.45, 2.75) is 25.9 Å². The third-order valence-electron chi connectivity index (χ3n) is 3.91. The molecule has 2 atom stereocenters. The number of rotatable bonds is 4. The summed E-state index contributed by atoms with van der Waals surface area (Å²) in [6, 6.07) is 4.55. The van der Waals surface area contributed by atoms with Crippen LogP contribution >= 0.6 is 11.6 Å². The van der Waals surface area contributed by atoms with Gasteiger partial charge in [-0.15, -0.1) is 0 Å². The molecule has 1 saturated heterocycles. The first-order valence-corrected chi connectivity index (χ1v) is 6.65. The molecule has 1 aromatic carbocycles. The highest BCUT2D eigenvalue weighted by Gasteiger charge is 2.41. The van der Waals surface area contributed by atoms with Crippen molar-refractivity contribution in [2.24, 2.45) is 5.41 Å². The fourth-order valence-electron chi connectivity index (χ4n) is 2.76. The summed E-state index contributed by atoms with van der Waals surface area (Å²) in [7, 11) is 1.93. The van der Waals surface area contributed by atoms with E-state index in [0.29, 0.717) is 5.02 Å². The number of hydrogen-bond donors (Lipinski definition) is 1. The van der Waals surface area contributed by atoms with Crippen LogP contribution in [0.25, 0.3) is 0 Å². The maximum Gasteiger partial charge on any atom is 0.123 e. The first kappa shape index (κ1) is 13.8. The third kappa shape index (κ3) is 2.68. The van der Waals surface area contributed by atoms with Gasteiger partial charge in [0.05, 0.1) is 6.10 Å². The largest absolute Gasteiger partial charge is 0.378 e. The highest BCUT2D eigenvalue weighted by atomic mass is 35.5. The highest BCUT2D eigenvalue weighted by Crippen LogP contribution is 2.39. The Hall–Kier alpha value is -0.640. The zero-order valence-corrected chi connectivity index (χ0v) is 11.6. The molecule has 0 spiro atoms. The van der Waals surface area contributed by atoms with Crippen LogP contribution in [0.3, 0.4) is 0 Å². The molecular formula is C14H19ClFNO. The average Bonchev–Trinajstić information content (AvgIpc) is 2.66. The van der Waals surface area contributed by atoms with Crippen LogP contribution in [0.2, 0.25) is 5.02 Å². The van der Waals surface area contributed by atoms with Gasteiger partial charge in [-0.3, -0.25) is 0 Å². The number of nitrogens with one attached hydrogen (secondary N) is 1. The van der Waals surface area contributed by atoms with E-state index < -0.39 is 0 Å². The van der Waals surface area contributed by atoms with Gasteiger partial charge < -0.3 is 10.1 Å². The van der Waals surface area contributed by atoms with E-state index in [1.165, 1.54) is 12.1 Å². The second-order valence-corrected chi connectivity index (χ2v) is 5.48. The Morgan fingerprint density at radius 3 is 2.94 bits per heavy atom. The second kappa shape index (κ2) is 5.55. The fourth-order valence-corrected chi connectivity index (χ4v) is 2.94. The summed E-state index contributed by atoms with van der Waals surface area (Å²) in [5.74, 6) is -0.236. The molecule has 100 valence electrons. The third-order valence-corrected chi connectivity index (χ3v) is 4.28. The van der Waals surface area contributed by atoms with Gasteiger partial charge in [0, 0.05) is 23.6 Å². The minimum absolute atomic E-state index is 0.00613. The minimum Gasteiger partial charge on any atom is -0.378 e. The van der Waals surface area contributed by atoms with Crippen LogP contribution in [0.5, 0.6) is 0 Å². The quantitative estimate of drug-likeness (QED) is 0.909. The first-order chi connectivity index (χ1) is 8.57. The second-order valence-electron chi connectivity index (χ2n) is 5.07. The van der Waals surface area contributed by atoms with Gasteiger partial charge in [0.25, 0.3) is 0 Å². The normalized spacial score (nSPS) is 27.7. The molecule has 0 bridgehead atoms. The van der Waals surface area contributed by atoms with Gasteiger partial charge in [0.2, 0.25) is 0 Å². The molecule has 2 unspecified atom stereocenters. The lowest BCUT2D eigenvalue weighted by molar-refractivity contribution is 0.0639. The molecular weight excluding hydrogens is 253 g/mol. The van der Waals surface area contributed by atoms with Gasteiger partial charge in [0.15, 0.2) is 0 Å². The van der Waals surface area contributed by atoms with Crippen molar-refractivity contribution in [1.29, 1.82) is 0 Å². The predicted octanol–water partition coefficient (Wildman–Crippen LogP) is 3.04. The summed E-state index contributed by atoms with van der Waals surface area (Å²) in [6.45, 7) is 3.69. The van der Waals surface area contributed by atoms with Gasteiger partial charge in [-0.2, -0.15) is 0 Å². The molecule has 1 aliphatic rings. The summed E-state index contributed by atoms with van der Waals surface area (Å²) in [6.07, 6.45) is 1.87. The van der Waals surface area contributed by atoms with Crippen LogP contribution in [0.1, 0.15) is 18.9 Å². The van der Waals surface area contributed by atoms with Gasteiger partial charge in [-0.25, -0.2) is 4.39 Å². The molecule has 0 saturated carbocycles. The van der Waals surface area contributed by atoms with Crippen molar-refractivity contribution in [3.05, 3.63) is 34.6 Å². The number of hydrogen-bond acceptors (Lipinski definition) is 2. The topological polar surface area (TPSA) is 21.3 Å². The van der Waals surface area contributed by atoms with E-state index in [0.717, 1.165) is 31.6 Å². The molecule has 1 N–H and O–H groups in total. The molecule has 2 nitrogen and oxygen atoms in total. The SMILES string of the molecule is CNCC1(Cc2cc(F)ccc2Cl)CCOC1C. The Labute approximate surface area is 112 Å². The Morgan fingerprint density at radius 1 is 1.56 bits per heavy atom. The summed E-state index contributed by atoms with van der Waals surface area (Å²) >= 11 is 6.16. The molecule has 0 aromatic heterocycles. The van der Waals surface area contributed by atoms with Crippen molar-refractivity contribution >= 4 is 11.6 Å². The maximum atomic E-state index is 13.3. The van der Waals surface area contributed by atoms with E-state index in [-0.39, 0.29) is 17.3 Å². The summed E-state index contributed by atoms with van der Waals surface area (Å²) in [4.78, 5) is 0. The molecule has 1 fully saturated rings. The van der Waals surface area contributed by atoms with Crippen LogP contribution < -0.4 is 5.32 Å². The van der Waals surface area contributed by atoms with Crippen molar-refractivity contribution in [1.82, 2.24) is 5.32 Å². The van der Waals surface area contributed by atoms with Gasteiger partial charge in [-0.1, -0.05) is 11.6 Å². The van der Waals surface area contributed by atoms with Crippen LogP contribution in [-0.4, -0.2) is 26.3 Å². The molecule has 4 heteroatoms. The summed E-state index contributed by atoms with van der Waals surface area (Å²) < 4.78 is 19.0. The fraction of sp³-hybridized carbons (Fsp3) is 0.571. The maximum absolute atomic E-state index is 13.3. The van der Waals surface area contributed by atoms with E-state index in [1.807, 2.05) is 7.05 Å². The Balaban J connectivity index is 2.26. The Bertz CT molecular complexity index is 426. The van der Waals surface area contributed by atoms with Crippen molar-refractivity contribution in [3.63, 3.8) is 0 Å². The zero-order chi connectivity index (χ0) is 13.2. The van der Waals surface area contributed by atoms with Gasteiger partial charge in [-0.05, 0) is 50.6 Å². The van der Waals surface area contributed by atoms with E-state index >= 15 is 0 Å². The molecule has 0 aliphatic carbocycles. The highest BCUT2D eigenvalue weighted by molar-refractivity contribution is 6.31. The Kier molecular flexibility index (Phi) is 4.25. The lowest BCUT2D eigenvalue weighted by Gasteiger charge is -2.32. The van der Waals surface area contributed by atoms with Crippen LogP contribution in [0, 0.1) is 11.2 Å². The standard InChI is InChI=1S/C14H19ClFNO/c1-10-14(9-17-2,5-6-18-10)8-11-7-12(16)3-4-13(11)15/h3-4,7,10,17H,5-6,8-9H2,1-2H3. The van der Waals surface area contributed by atoms with E-state index in [9.17, 15) is 4.39 Å². The molecule has 2 rings (SSSR count). The molecule has 0 amide bonds. The first-order valence-electron chi connectivity index (χ1n) is 6.27. The Morgan fingerprint density at radius 2 is 2.33 bits per heavy atom. The van der Waals surface area contributed by atoms with Gasteiger partial charge in [0.1, 0.15) is 5.82 Å².